The molecule has 4 heterocycles. The smallest absolute Gasteiger partial charge is 0.293 e. The summed E-state index contributed by atoms with van der Waals surface area (Å²) in [4.78, 5) is 24.3. The molecule has 0 bridgehead atoms. The number of hydrogen-bond acceptors (Lipinski definition) is 4. The van der Waals surface area contributed by atoms with Gasteiger partial charge in [0.2, 0.25) is 0 Å². The lowest BCUT2D eigenvalue weighted by atomic mass is 10.0. The first-order chi connectivity index (χ1) is 16.4. The maximum Gasteiger partial charge on any atom is 0.433 e. The molecule has 0 aliphatic rings. The Bertz CT molecular complexity index is 1630. The summed E-state index contributed by atoms with van der Waals surface area (Å²) in [6, 6.07) is 9.00. The molecule has 0 radical (unpaired) electrons. The number of fused-ring (bicyclic) bond motifs is 3. The van der Waals surface area contributed by atoms with Gasteiger partial charge in [-0.15, -0.1) is 0 Å². The summed E-state index contributed by atoms with van der Waals surface area (Å²) in [6.45, 7) is 0. The number of alkyl halides is 6. The van der Waals surface area contributed by atoms with Crippen molar-refractivity contribution in [1.82, 2.24) is 24.1 Å². The van der Waals surface area contributed by atoms with Gasteiger partial charge in [0.15, 0.2) is 0 Å². The van der Waals surface area contributed by atoms with Crippen molar-refractivity contribution in [3.8, 4) is 16.8 Å². The Morgan fingerprint density at radius 3 is 1.94 bits per heavy atom. The van der Waals surface area contributed by atoms with Gasteiger partial charge in [0.05, 0.1) is 34.6 Å². The maximum absolute atomic E-state index is 13.0. The number of pyridine rings is 3. The number of imidazole rings is 1. The number of rotatable bonds is 2. The molecule has 0 unspecified atom stereocenters. The molecule has 0 atom stereocenters. The minimum atomic E-state index is -4.64. The van der Waals surface area contributed by atoms with Crippen LogP contribution in [0.5, 0.6) is 0 Å². The summed E-state index contributed by atoms with van der Waals surface area (Å²) < 4.78 is 80.0. The van der Waals surface area contributed by atoms with Gasteiger partial charge >= 0.3 is 18.0 Å². The Balaban J connectivity index is 1.73. The standard InChI is InChI=1S/C23H13F6N5O/c1-33-17-11-30-16-5-2-12(13-3-6-18(31-9-13)22(24,25)26)8-15(16)20(17)34(21(33)35)14-4-7-19(32-10-14)23(27,28)29/h2-11H,1H3. The van der Waals surface area contributed by atoms with Gasteiger partial charge in [0, 0.05) is 24.2 Å². The van der Waals surface area contributed by atoms with Crippen molar-refractivity contribution in [2.24, 2.45) is 7.05 Å². The predicted molar refractivity (Wildman–Crippen MR) is 115 cm³/mol. The molecule has 0 spiro atoms. The molecule has 1 aromatic carbocycles. The monoisotopic (exact) mass is 489 g/mol. The van der Waals surface area contributed by atoms with Gasteiger partial charge in [-0.25, -0.2) is 9.78 Å². The van der Waals surface area contributed by atoms with Gasteiger partial charge in [-0.05, 0) is 35.9 Å². The highest BCUT2D eigenvalue weighted by molar-refractivity contribution is 6.04. The number of aryl methyl sites for hydroxylation is 1. The first-order valence-electron chi connectivity index (χ1n) is 10.0. The molecule has 0 N–H and O–H groups in total. The van der Waals surface area contributed by atoms with Crippen LogP contribution < -0.4 is 5.69 Å². The van der Waals surface area contributed by atoms with Crippen LogP contribution in [0, 0.1) is 0 Å². The van der Waals surface area contributed by atoms with Crippen LogP contribution in [0.3, 0.4) is 0 Å². The lowest BCUT2D eigenvalue weighted by molar-refractivity contribution is -0.141. The van der Waals surface area contributed by atoms with Crippen LogP contribution in [0.2, 0.25) is 0 Å². The van der Waals surface area contributed by atoms with Crippen LogP contribution in [-0.4, -0.2) is 24.1 Å². The maximum atomic E-state index is 13.0. The van der Waals surface area contributed by atoms with Crippen molar-refractivity contribution in [3.63, 3.8) is 0 Å². The van der Waals surface area contributed by atoms with E-state index >= 15 is 0 Å². The van der Waals surface area contributed by atoms with E-state index in [9.17, 15) is 31.1 Å². The average Bonchev–Trinajstić information content (AvgIpc) is 3.08. The number of hydrogen-bond donors (Lipinski definition) is 0. The largest absolute Gasteiger partial charge is 0.433 e. The number of nitrogens with zero attached hydrogens (tertiary/aromatic N) is 5. The van der Waals surface area contributed by atoms with Crippen molar-refractivity contribution in [2.75, 3.05) is 0 Å². The Morgan fingerprint density at radius 1 is 0.743 bits per heavy atom. The van der Waals surface area contributed by atoms with E-state index in [1.165, 1.54) is 28.4 Å². The fraction of sp³-hybridized carbons (Fsp3) is 0.130. The Kier molecular flexibility index (Phi) is 4.93. The lowest BCUT2D eigenvalue weighted by Gasteiger charge is -2.10. The van der Waals surface area contributed by atoms with Crippen molar-refractivity contribution < 1.29 is 26.3 Å². The van der Waals surface area contributed by atoms with Crippen molar-refractivity contribution >= 4 is 21.9 Å². The molecule has 35 heavy (non-hydrogen) atoms. The summed E-state index contributed by atoms with van der Waals surface area (Å²) in [5, 5.41) is 0.470. The highest BCUT2D eigenvalue weighted by Gasteiger charge is 2.33. The zero-order valence-corrected chi connectivity index (χ0v) is 17.7. The summed E-state index contributed by atoms with van der Waals surface area (Å²) in [5.41, 5.74) is -0.383. The number of halogens is 6. The predicted octanol–water partition coefficient (Wildman–Crippen LogP) is 5.37. The molecule has 178 valence electrons. The van der Waals surface area contributed by atoms with E-state index in [0.717, 1.165) is 30.6 Å². The average molecular weight is 489 g/mol. The fourth-order valence-electron chi connectivity index (χ4n) is 3.83. The van der Waals surface area contributed by atoms with Gasteiger partial charge in [-0.2, -0.15) is 26.3 Å². The summed E-state index contributed by atoms with van der Waals surface area (Å²) in [5.74, 6) is 0. The fourth-order valence-corrected chi connectivity index (χ4v) is 3.83. The van der Waals surface area contributed by atoms with Gasteiger partial charge in [-0.1, -0.05) is 12.1 Å². The molecule has 5 rings (SSSR count). The minimum absolute atomic E-state index is 0.114. The zero-order valence-electron chi connectivity index (χ0n) is 17.7. The molecule has 0 saturated heterocycles. The number of aromatic nitrogens is 5. The first-order valence-corrected chi connectivity index (χ1v) is 10.0. The highest BCUT2D eigenvalue weighted by Crippen LogP contribution is 2.32. The van der Waals surface area contributed by atoms with Crippen LogP contribution in [0.4, 0.5) is 26.3 Å². The minimum Gasteiger partial charge on any atom is -0.293 e. The van der Waals surface area contributed by atoms with Gasteiger partial charge < -0.3 is 0 Å². The molecule has 12 heteroatoms. The Labute approximate surface area is 192 Å². The second kappa shape index (κ2) is 7.65. The van der Waals surface area contributed by atoms with Crippen LogP contribution in [0.25, 0.3) is 38.8 Å². The van der Waals surface area contributed by atoms with Crippen molar-refractivity contribution in [2.45, 2.75) is 12.4 Å². The van der Waals surface area contributed by atoms with Crippen LogP contribution in [0.15, 0.2) is 65.8 Å². The van der Waals surface area contributed by atoms with Gasteiger partial charge in [-0.3, -0.25) is 19.1 Å². The van der Waals surface area contributed by atoms with Crippen LogP contribution >= 0.6 is 0 Å². The molecule has 0 saturated carbocycles. The second-order valence-electron chi connectivity index (χ2n) is 7.73. The van der Waals surface area contributed by atoms with E-state index in [1.807, 2.05) is 0 Å². The molecule has 5 aromatic rings. The Morgan fingerprint density at radius 2 is 1.37 bits per heavy atom. The molecule has 0 fully saturated rings. The SMILES string of the molecule is Cn1c(=O)n(-c2ccc(C(F)(F)F)nc2)c2c3cc(-c4ccc(C(F)(F)F)nc4)ccc3ncc21. The van der Waals surface area contributed by atoms with Crippen LogP contribution in [-0.2, 0) is 19.4 Å². The van der Waals surface area contributed by atoms with Gasteiger partial charge in [0.25, 0.3) is 0 Å². The molecular formula is C23H13F6N5O. The van der Waals surface area contributed by atoms with E-state index < -0.39 is 29.4 Å². The quantitative estimate of drug-likeness (QED) is 0.313. The first kappa shape index (κ1) is 22.6. The normalized spacial score (nSPS) is 12.5. The van der Waals surface area contributed by atoms with E-state index in [-0.39, 0.29) is 5.69 Å². The summed E-state index contributed by atoms with van der Waals surface area (Å²) in [7, 11) is 1.50. The second-order valence-corrected chi connectivity index (χ2v) is 7.73. The van der Waals surface area contributed by atoms with Crippen molar-refractivity contribution in [1.29, 1.82) is 0 Å². The Hall–Kier alpha value is -4.22. The third-order valence-corrected chi connectivity index (χ3v) is 5.57. The van der Waals surface area contributed by atoms with Gasteiger partial charge in [0.1, 0.15) is 11.4 Å². The molecule has 4 aromatic heterocycles. The van der Waals surface area contributed by atoms with E-state index in [0.29, 0.717) is 33.1 Å². The topological polar surface area (TPSA) is 65.6 Å². The lowest BCUT2D eigenvalue weighted by Crippen LogP contribution is -2.21. The molecule has 0 amide bonds. The number of benzene rings is 1. The van der Waals surface area contributed by atoms with E-state index in [4.69, 9.17) is 0 Å². The zero-order chi connectivity index (χ0) is 25.1. The molecule has 6 nitrogen and oxygen atoms in total. The summed E-state index contributed by atoms with van der Waals surface area (Å²) in [6.07, 6.45) is -5.70. The third-order valence-electron chi connectivity index (χ3n) is 5.57. The summed E-state index contributed by atoms with van der Waals surface area (Å²) >= 11 is 0. The molecule has 0 aliphatic carbocycles. The molecular weight excluding hydrogens is 476 g/mol. The third kappa shape index (κ3) is 3.80. The van der Waals surface area contributed by atoms with E-state index in [2.05, 4.69) is 15.0 Å². The van der Waals surface area contributed by atoms with E-state index in [1.54, 1.807) is 18.2 Å². The molecule has 0 aliphatic heterocycles. The highest BCUT2D eigenvalue weighted by atomic mass is 19.4. The van der Waals surface area contributed by atoms with Crippen LogP contribution in [0.1, 0.15) is 11.4 Å². The van der Waals surface area contributed by atoms with Crippen molar-refractivity contribution in [3.05, 3.63) is 82.9 Å².